The van der Waals surface area contributed by atoms with Crippen LogP contribution in [0, 0.1) is 0 Å². The van der Waals surface area contributed by atoms with Crippen LogP contribution in [0.2, 0.25) is 0 Å². The highest BCUT2D eigenvalue weighted by Gasteiger charge is 2.28. The van der Waals surface area contributed by atoms with Crippen LogP contribution in [0.1, 0.15) is 24.6 Å². The summed E-state index contributed by atoms with van der Waals surface area (Å²) in [6, 6.07) is 9.45. The minimum absolute atomic E-state index is 0. The Balaban J connectivity index is 0.00000144. The van der Waals surface area contributed by atoms with Crippen molar-refractivity contribution in [2.75, 3.05) is 0 Å². The molecule has 2 atom stereocenters. The molecule has 0 radical (unpaired) electrons. The van der Waals surface area contributed by atoms with Crippen molar-refractivity contribution in [3.63, 3.8) is 0 Å². The molecule has 13 heavy (non-hydrogen) atoms. The molecule has 0 aromatic heterocycles. The average molecular weight is 213 g/mol. The lowest BCUT2D eigenvalue weighted by atomic mass is 10.1. The van der Waals surface area contributed by atoms with E-state index in [2.05, 4.69) is 0 Å². The Morgan fingerprint density at radius 1 is 1.38 bits per heavy atom. The van der Waals surface area contributed by atoms with E-state index in [4.69, 9.17) is 4.89 Å². The molecule has 2 unspecified atom stereocenters. The summed E-state index contributed by atoms with van der Waals surface area (Å²) in [5.41, 5.74) is 0.741. The Kier molecular flexibility index (Phi) is 6.20. The van der Waals surface area contributed by atoms with Crippen LogP contribution in [0.15, 0.2) is 30.3 Å². The van der Waals surface area contributed by atoms with Gasteiger partial charge < -0.3 is 0 Å². The highest BCUT2D eigenvalue weighted by molar-refractivity contribution is 7.38. The van der Waals surface area contributed by atoms with E-state index < -0.39 is 8.03 Å². The molecule has 0 saturated heterocycles. The Labute approximate surface area is 90.0 Å². The number of hydrogen-bond acceptors (Lipinski definition) is 1. The Morgan fingerprint density at radius 3 is 2.31 bits per heavy atom. The van der Waals surface area contributed by atoms with Crippen LogP contribution in [-0.4, -0.2) is 22.3 Å². The quantitative estimate of drug-likeness (QED) is 0.612. The summed E-state index contributed by atoms with van der Waals surface area (Å²) >= 11 is 0. The molecule has 0 heterocycles. The zero-order chi connectivity index (χ0) is 8.97. The summed E-state index contributed by atoms with van der Waals surface area (Å²) < 4.78 is 10.9. The van der Waals surface area contributed by atoms with E-state index >= 15 is 0 Å². The summed E-state index contributed by atoms with van der Waals surface area (Å²) in [5.74, 6) is 0. The maximum absolute atomic E-state index is 10.9. The molecule has 0 fully saturated rings. The molecule has 0 amide bonds. The minimum atomic E-state index is -2.09. The molecule has 0 aliphatic rings. The van der Waals surface area contributed by atoms with Gasteiger partial charge in [0.15, 0.2) is 17.4 Å². The third kappa shape index (κ3) is 3.58. The third-order valence-electron chi connectivity index (χ3n) is 1.84. The molecular weight excluding hydrogens is 198 g/mol. The summed E-state index contributed by atoms with van der Waals surface area (Å²) in [4.78, 5) is 8.97. The Morgan fingerprint density at radius 2 is 1.92 bits per heavy atom. The van der Waals surface area contributed by atoms with Crippen LogP contribution < -0.4 is 0 Å². The van der Waals surface area contributed by atoms with Gasteiger partial charge in [-0.1, -0.05) is 37.3 Å². The van der Waals surface area contributed by atoms with Crippen molar-refractivity contribution in [3.05, 3.63) is 35.9 Å². The van der Waals surface area contributed by atoms with Gasteiger partial charge in [-0.05, 0) is 11.0 Å². The fraction of sp³-hybridized carbons (Fsp3) is 0.333. The molecule has 0 aliphatic heterocycles. The fourth-order valence-corrected chi connectivity index (χ4v) is 1.93. The van der Waals surface area contributed by atoms with Gasteiger partial charge >= 0.3 is 8.03 Å². The molecule has 1 N–H and O–H groups in total. The van der Waals surface area contributed by atoms with Crippen LogP contribution in [0.25, 0.3) is 0 Å². The molecule has 1 aromatic carbocycles. The van der Waals surface area contributed by atoms with Crippen LogP contribution in [0.5, 0.6) is 0 Å². The zero-order valence-corrected chi connectivity index (χ0v) is 7.87. The van der Waals surface area contributed by atoms with Gasteiger partial charge in [0.05, 0.1) is 0 Å². The first kappa shape index (κ1) is 12.8. The lowest BCUT2D eigenvalue weighted by Crippen LogP contribution is -1.90. The van der Waals surface area contributed by atoms with Crippen molar-refractivity contribution in [2.45, 2.75) is 19.0 Å². The van der Waals surface area contributed by atoms with Crippen LogP contribution in [0.4, 0.5) is 0 Å². The number of benzene rings is 1. The second kappa shape index (κ2) is 6.29. The first-order valence-corrected chi connectivity index (χ1v) is 5.24. The lowest BCUT2D eigenvalue weighted by Gasteiger charge is -2.00. The van der Waals surface area contributed by atoms with Gasteiger partial charge in [0.25, 0.3) is 0 Å². The maximum atomic E-state index is 10.9. The molecule has 0 aliphatic carbocycles. The van der Waals surface area contributed by atoms with Gasteiger partial charge in [0.1, 0.15) is 0 Å². The van der Waals surface area contributed by atoms with Gasteiger partial charge in [0, 0.05) is 5.56 Å². The predicted octanol–water partition coefficient (Wildman–Crippen LogP) is 1.69. The van der Waals surface area contributed by atoms with Crippen molar-refractivity contribution in [1.82, 2.24) is 0 Å². The topological polar surface area (TPSA) is 37.3 Å². The maximum Gasteiger partial charge on any atom is 0.513 e. The lowest BCUT2D eigenvalue weighted by molar-refractivity contribution is 0.488. The Hall–Kier alpha value is -0.188. The molecule has 4 heteroatoms. The molecule has 0 saturated carbocycles. The van der Waals surface area contributed by atoms with E-state index in [1.807, 2.05) is 37.3 Å². The van der Waals surface area contributed by atoms with E-state index in [9.17, 15) is 4.57 Å². The largest absolute Gasteiger partial charge is 0.513 e. The summed E-state index contributed by atoms with van der Waals surface area (Å²) in [7, 11) is -2.09. The normalized spacial score (nSPS) is 12.9. The Bertz CT molecular complexity index is 264. The predicted molar refractivity (Wildman–Crippen MR) is 59.2 cm³/mol. The van der Waals surface area contributed by atoms with Crippen molar-refractivity contribution in [3.8, 4) is 0 Å². The highest BCUT2D eigenvalue weighted by atomic mass is 31.1. The van der Waals surface area contributed by atoms with Gasteiger partial charge in [-0.25, -0.2) is 0 Å². The number of hydrogen-bond donors (Lipinski definition) is 1. The molecule has 0 spiro atoms. The molecule has 70 valence electrons. The summed E-state index contributed by atoms with van der Waals surface area (Å²) in [6.45, 7) is 1.92. The average Bonchev–Trinajstić information content (AvgIpc) is 2.07. The highest BCUT2D eigenvalue weighted by Crippen LogP contribution is 2.39. The molecule has 1 rings (SSSR count). The monoisotopic (exact) mass is 213 g/mol. The van der Waals surface area contributed by atoms with E-state index in [1.54, 1.807) is 0 Å². The van der Waals surface area contributed by atoms with Crippen LogP contribution >= 0.6 is 8.03 Å². The van der Waals surface area contributed by atoms with Crippen molar-refractivity contribution >= 4 is 25.4 Å². The first-order valence-electron chi connectivity index (χ1n) is 3.96. The SMILES string of the molecule is CCC(c1ccccc1)[P+](=O)O.[AlH3]. The first-order chi connectivity index (χ1) is 5.75. The van der Waals surface area contributed by atoms with Crippen LogP contribution in [0.3, 0.4) is 0 Å². The zero-order valence-electron chi connectivity index (χ0n) is 6.97. The van der Waals surface area contributed by atoms with Gasteiger partial charge in [-0.2, -0.15) is 4.89 Å². The summed E-state index contributed by atoms with van der Waals surface area (Å²) in [6.07, 6.45) is 0.704. The fourth-order valence-electron chi connectivity index (χ4n) is 1.19. The summed E-state index contributed by atoms with van der Waals surface area (Å²) in [5, 5.41) is 0. The second-order valence-electron chi connectivity index (χ2n) is 2.64. The second-order valence-corrected chi connectivity index (χ2v) is 3.87. The van der Waals surface area contributed by atoms with Gasteiger partial charge in [-0.15, -0.1) is 0 Å². The van der Waals surface area contributed by atoms with E-state index in [0.29, 0.717) is 6.42 Å². The van der Waals surface area contributed by atoms with Crippen LogP contribution in [-0.2, 0) is 4.57 Å². The van der Waals surface area contributed by atoms with Crippen molar-refractivity contribution < 1.29 is 9.46 Å². The van der Waals surface area contributed by atoms with E-state index in [0.717, 1.165) is 5.56 Å². The molecular formula is C9H15AlO2P+. The molecule has 2 nitrogen and oxygen atoms in total. The standard InChI is InChI=1S/C9H11O2P.Al.3H/c1-2-9(12(10)11)8-6-4-3-5-7-8;;;;/h3-7,9H,2H2,1H3;;;;/p+1. The smallest absolute Gasteiger partial charge is 0.160 e. The van der Waals surface area contributed by atoms with E-state index in [1.165, 1.54) is 0 Å². The van der Waals surface area contributed by atoms with E-state index in [-0.39, 0.29) is 23.0 Å². The van der Waals surface area contributed by atoms with Crippen molar-refractivity contribution in [1.29, 1.82) is 0 Å². The van der Waals surface area contributed by atoms with Gasteiger partial charge in [-0.3, -0.25) is 0 Å². The third-order valence-corrected chi connectivity index (χ3v) is 3.03. The van der Waals surface area contributed by atoms with Crippen molar-refractivity contribution in [2.24, 2.45) is 0 Å². The van der Waals surface area contributed by atoms with Gasteiger partial charge in [0.2, 0.25) is 5.66 Å². The minimum Gasteiger partial charge on any atom is -0.160 e. The number of rotatable bonds is 3. The molecule has 0 bridgehead atoms. The molecule has 1 aromatic rings.